The molecule has 1 aromatic carbocycles. The van der Waals surface area contributed by atoms with E-state index in [-0.39, 0.29) is 6.42 Å². The maximum Gasteiger partial charge on any atom is 0.327 e. The van der Waals surface area contributed by atoms with Crippen molar-refractivity contribution in [1.82, 2.24) is 5.32 Å². The number of hydrogen-bond acceptors (Lipinski definition) is 2. The minimum absolute atomic E-state index is 0.248. The zero-order valence-corrected chi connectivity index (χ0v) is 9.61. The van der Waals surface area contributed by atoms with Gasteiger partial charge in [-0.15, -0.1) is 12.3 Å². The second-order valence-corrected chi connectivity index (χ2v) is 3.49. The number of halogens is 2. The lowest BCUT2D eigenvalue weighted by molar-refractivity contribution is -0.139. The molecule has 1 rings (SSSR count). The first-order valence-electron chi connectivity index (χ1n) is 5.13. The first-order chi connectivity index (χ1) is 8.95. The molecule has 0 radical (unpaired) electrons. The summed E-state index contributed by atoms with van der Waals surface area (Å²) in [6.45, 7) is 0. The molecular weight excluding hydrogens is 258 g/mol. The van der Waals surface area contributed by atoms with E-state index < -0.39 is 35.4 Å². The Morgan fingerprint density at radius 2 is 1.95 bits per heavy atom. The van der Waals surface area contributed by atoms with E-state index in [0.717, 1.165) is 18.2 Å². The number of amides is 2. The van der Waals surface area contributed by atoms with E-state index in [2.05, 4.69) is 5.92 Å². The van der Waals surface area contributed by atoms with Gasteiger partial charge in [-0.3, -0.25) is 0 Å². The van der Waals surface area contributed by atoms with Gasteiger partial charge in [-0.2, -0.15) is 0 Å². The quantitative estimate of drug-likeness (QED) is 0.725. The van der Waals surface area contributed by atoms with Gasteiger partial charge in [0, 0.05) is 6.42 Å². The van der Waals surface area contributed by atoms with E-state index in [1.807, 2.05) is 10.6 Å². The van der Waals surface area contributed by atoms with Crippen molar-refractivity contribution in [3.63, 3.8) is 0 Å². The number of para-hydroxylation sites is 1. The second-order valence-electron chi connectivity index (χ2n) is 3.49. The highest BCUT2D eigenvalue weighted by Crippen LogP contribution is 2.17. The molecule has 0 saturated carbocycles. The first-order valence-corrected chi connectivity index (χ1v) is 5.13. The number of nitrogens with one attached hydrogen (secondary N) is 2. The van der Waals surface area contributed by atoms with Crippen molar-refractivity contribution >= 4 is 17.7 Å². The molecule has 0 saturated heterocycles. The van der Waals surface area contributed by atoms with E-state index in [1.165, 1.54) is 0 Å². The van der Waals surface area contributed by atoms with Gasteiger partial charge in [0.05, 0.1) is 0 Å². The monoisotopic (exact) mass is 268 g/mol. The van der Waals surface area contributed by atoms with E-state index in [4.69, 9.17) is 11.5 Å². The Balaban J connectivity index is 2.75. The van der Waals surface area contributed by atoms with Crippen LogP contribution in [0.1, 0.15) is 6.42 Å². The predicted molar refractivity (Wildman–Crippen MR) is 63.4 cm³/mol. The summed E-state index contributed by atoms with van der Waals surface area (Å²) in [5, 5.41) is 12.6. The Bertz CT molecular complexity index is 520. The Hall–Kier alpha value is -2.62. The summed E-state index contributed by atoms with van der Waals surface area (Å²) in [6.07, 6.45) is 4.69. The number of aliphatic carboxylic acids is 1. The number of carbonyl (C=O) groups is 2. The summed E-state index contributed by atoms with van der Waals surface area (Å²) >= 11 is 0. The average Bonchev–Trinajstić information content (AvgIpc) is 2.33. The number of carboxylic acid groups (broad SMARTS) is 1. The summed E-state index contributed by atoms with van der Waals surface area (Å²) in [5.74, 6) is -1.22. The summed E-state index contributed by atoms with van der Waals surface area (Å²) < 4.78 is 26.4. The third kappa shape index (κ3) is 3.96. The Morgan fingerprint density at radius 3 is 2.42 bits per heavy atom. The van der Waals surface area contributed by atoms with Crippen molar-refractivity contribution in [3.05, 3.63) is 29.8 Å². The number of carbonyl (C=O) groups excluding carboxylic acids is 1. The molecule has 0 aromatic heterocycles. The molecule has 1 atom stereocenters. The molecular formula is C12H10F2N2O3. The lowest BCUT2D eigenvalue weighted by Crippen LogP contribution is -2.43. The topological polar surface area (TPSA) is 78.4 Å². The van der Waals surface area contributed by atoms with Crippen LogP contribution in [0, 0.1) is 24.0 Å². The number of anilines is 1. The highest BCUT2D eigenvalue weighted by atomic mass is 19.1. The van der Waals surface area contributed by atoms with Gasteiger partial charge < -0.3 is 15.7 Å². The molecule has 0 aliphatic carbocycles. The molecule has 0 bridgehead atoms. The molecule has 19 heavy (non-hydrogen) atoms. The largest absolute Gasteiger partial charge is 0.480 e. The molecule has 0 aliphatic heterocycles. The molecule has 0 heterocycles. The van der Waals surface area contributed by atoms with Crippen molar-refractivity contribution in [2.24, 2.45) is 0 Å². The van der Waals surface area contributed by atoms with E-state index in [0.29, 0.717) is 0 Å². The maximum atomic E-state index is 13.2. The molecule has 100 valence electrons. The van der Waals surface area contributed by atoms with Crippen molar-refractivity contribution < 1.29 is 23.5 Å². The highest BCUT2D eigenvalue weighted by Gasteiger charge is 2.20. The standard InChI is InChI=1S/C12H10F2N2O3/c1-2-4-9(11(17)18)15-12(19)16-10-7(13)5-3-6-8(10)14/h1,3,5-6,9H,4H2,(H,17,18)(H2,15,16,19). The fourth-order valence-corrected chi connectivity index (χ4v) is 1.24. The van der Waals surface area contributed by atoms with Crippen molar-refractivity contribution in [2.75, 3.05) is 5.32 Å². The van der Waals surface area contributed by atoms with Gasteiger partial charge in [0.25, 0.3) is 0 Å². The number of terminal acetylenes is 1. The van der Waals surface area contributed by atoms with Gasteiger partial charge in [-0.05, 0) is 12.1 Å². The fourth-order valence-electron chi connectivity index (χ4n) is 1.24. The van der Waals surface area contributed by atoms with Crippen LogP contribution in [0.25, 0.3) is 0 Å². The van der Waals surface area contributed by atoms with Gasteiger partial charge in [-0.25, -0.2) is 18.4 Å². The Morgan fingerprint density at radius 1 is 1.37 bits per heavy atom. The second kappa shape index (κ2) is 6.35. The lowest BCUT2D eigenvalue weighted by atomic mass is 10.2. The van der Waals surface area contributed by atoms with E-state index in [9.17, 15) is 18.4 Å². The first kappa shape index (κ1) is 14.4. The van der Waals surface area contributed by atoms with Gasteiger partial charge in [0.15, 0.2) is 0 Å². The molecule has 5 nitrogen and oxygen atoms in total. The van der Waals surface area contributed by atoms with Crippen LogP contribution in [-0.4, -0.2) is 23.1 Å². The number of carboxylic acids is 1. The lowest BCUT2D eigenvalue weighted by Gasteiger charge is -2.13. The normalized spacial score (nSPS) is 11.2. The molecule has 0 spiro atoms. The van der Waals surface area contributed by atoms with Gasteiger partial charge in [-0.1, -0.05) is 6.07 Å². The third-order valence-electron chi connectivity index (χ3n) is 2.13. The molecule has 7 heteroatoms. The van der Waals surface area contributed by atoms with Gasteiger partial charge in [0.1, 0.15) is 23.4 Å². The molecule has 1 aromatic rings. The van der Waals surface area contributed by atoms with Gasteiger partial charge in [0.2, 0.25) is 0 Å². The minimum atomic E-state index is -1.35. The highest BCUT2D eigenvalue weighted by molar-refractivity contribution is 5.92. The van der Waals surface area contributed by atoms with Crippen LogP contribution in [-0.2, 0) is 4.79 Å². The van der Waals surface area contributed by atoms with Crippen molar-refractivity contribution in [2.45, 2.75) is 12.5 Å². The van der Waals surface area contributed by atoms with Crippen molar-refractivity contribution in [1.29, 1.82) is 0 Å². The van der Waals surface area contributed by atoms with Crippen LogP contribution >= 0.6 is 0 Å². The summed E-state index contributed by atoms with van der Waals surface area (Å²) in [7, 11) is 0. The number of rotatable bonds is 4. The Kier molecular flexibility index (Phi) is 4.83. The number of benzene rings is 1. The predicted octanol–water partition coefficient (Wildman–Crippen LogP) is 1.56. The van der Waals surface area contributed by atoms with Crippen LogP contribution in [0.4, 0.5) is 19.3 Å². The summed E-state index contributed by atoms with van der Waals surface area (Å²) in [5.41, 5.74) is -0.662. The molecule has 0 fully saturated rings. The van der Waals surface area contributed by atoms with Crippen molar-refractivity contribution in [3.8, 4) is 12.3 Å². The Labute approximate surface area is 107 Å². The van der Waals surface area contributed by atoms with Crippen LogP contribution < -0.4 is 10.6 Å². The van der Waals surface area contributed by atoms with Crippen LogP contribution in [0.3, 0.4) is 0 Å². The average molecular weight is 268 g/mol. The van der Waals surface area contributed by atoms with Crippen LogP contribution in [0.2, 0.25) is 0 Å². The van der Waals surface area contributed by atoms with Gasteiger partial charge >= 0.3 is 12.0 Å². The van der Waals surface area contributed by atoms with Crippen LogP contribution in [0.5, 0.6) is 0 Å². The fraction of sp³-hybridized carbons (Fsp3) is 0.167. The molecule has 0 aliphatic rings. The minimum Gasteiger partial charge on any atom is -0.480 e. The number of hydrogen-bond donors (Lipinski definition) is 3. The summed E-state index contributed by atoms with van der Waals surface area (Å²) in [6, 6.07) is 0.641. The molecule has 2 amide bonds. The molecule has 1 unspecified atom stereocenters. The molecule has 3 N–H and O–H groups in total. The maximum absolute atomic E-state index is 13.2. The smallest absolute Gasteiger partial charge is 0.327 e. The van der Waals surface area contributed by atoms with Crippen LogP contribution in [0.15, 0.2) is 18.2 Å². The van der Waals surface area contributed by atoms with E-state index >= 15 is 0 Å². The zero-order valence-electron chi connectivity index (χ0n) is 9.61. The number of urea groups is 1. The SMILES string of the molecule is C#CCC(NC(=O)Nc1c(F)cccc1F)C(=O)O. The summed E-state index contributed by atoms with van der Waals surface area (Å²) in [4.78, 5) is 22.1. The zero-order chi connectivity index (χ0) is 14.4. The third-order valence-corrected chi connectivity index (χ3v) is 2.13. The van der Waals surface area contributed by atoms with E-state index in [1.54, 1.807) is 0 Å².